The van der Waals surface area contributed by atoms with Crippen molar-refractivity contribution in [3.8, 4) is 5.75 Å². The summed E-state index contributed by atoms with van der Waals surface area (Å²) in [5, 5.41) is 0. The van der Waals surface area contributed by atoms with Gasteiger partial charge in [0, 0.05) is 0 Å². The van der Waals surface area contributed by atoms with Crippen molar-refractivity contribution in [1.82, 2.24) is 0 Å². The first-order valence-electron chi connectivity index (χ1n) is 3.75. The van der Waals surface area contributed by atoms with Gasteiger partial charge in [0.2, 0.25) is 0 Å². The van der Waals surface area contributed by atoms with Gasteiger partial charge in [-0.15, -0.1) is 0 Å². The average Bonchev–Trinajstić information content (AvgIpc) is 2.03. The van der Waals surface area contributed by atoms with Crippen molar-refractivity contribution in [1.29, 1.82) is 0 Å². The van der Waals surface area contributed by atoms with Crippen LogP contribution in [-0.4, -0.2) is 13.0 Å². The molecular formula is C8H9KO4S. The van der Waals surface area contributed by atoms with E-state index in [9.17, 15) is 13.0 Å². The van der Waals surface area contributed by atoms with Gasteiger partial charge in [-0.25, -0.2) is 8.42 Å². The smallest absolute Gasteiger partial charge is 0.716 e. The molecule has 14 heavy (non-hydrogen) atoms. The number of hydrogen-bond acceptors (Lipinski definition) is 4. The van der Waals surface area contributed by atoms with Crippen molar-refractivity contribution < 1.29 is 68.5 Å². The Kier molecular flexibility index (Phi) is 6.47. The van der Waals surface area contributed by atoms with E-state index >= 15 is 0 Å². The third-order valence-electron chi connectivity index (χ3n) is 1.53. The summed E-state index contributed by atoms with van der Waals surface area (Å²) in [7, 11) is -4.65. The predicted molar refractivity (Wildman–Crippen MR) is 46.1 cm³/mol. The van der Waals surface area contributed by atoms with E-state index in [1.165, 1.54) is 12.1 Å². The minimum Gasteiger partial charge on any atom is -0.716 e. The van der Waals surface area contributed by atoms with Gasteiger partial charge in [-0.3, -0.25) is 0 Å². The van der Waals surface area contributed by atoms with Crippen LogP contribution in [0, 0.1) is 0 Å². The van der Waals surface area contributed by atoms with Crippen molar-refractivity contribution in [2.24, 2.45) is 0 Å². The fourth-order valence-corrected chi connectivity index (χ4v) is 1.25. The van der Waals surface area contributed by atoms with Gasteiger partial charge in [0.05, 0.1) is 0 Å². The molecule has 0 N–H and O–H groups in total. The standard InChI is InChI=1S/C8H10O4S.K/c1-2-7-3-5-8(6-4-7)12-13(9,10)11;/h3-6H,2H2,1H3,(H,9,10,11);/q;+1/p-1. The average molecular weight is 240 g/mol. The van der Waals surface area contributed by atoms with E-state index in [1.54, 1.807) is 12.1 Å². The van der Waals surface area contributed by atoms with E-state index in [4.69, 9.17) is 0 Å². The molecule has 0 aliphatic carbocycles. The van der Waals surface area contributed by atoms with E-state index in [2.05, 4.69) is 4.18 Å². The summed E-state index contributed by atoms with van der Waals surface area (Å²) in [5.41, 5.74) is 1.05. The van der Waals surface area contributed by atoms with Gasteiger partial charge < -0.3 is 8.74 Å². The van der Waals surface area contributed by atoms with E-state index in [1.807, 2.05) is 6.92 Å². The second-order valence-electron chi connectivity index (χ2n) is 2.49. The maximum absolute atomic E-state index is 10.2. The zero-order chi connectivity index (χ0) is 9.90. The van der Waals surface area contributed by atoms with Gasteiger partial charge in [0.15, 0.2) is 0 Å². The van der Waals surface area contributed by atoms with Gasteiger partial charge in [-0.05, 0) is 24.1 Å². The Morgan fingerprint density at radius 1 is 1.29 bits per heavy atom. The van der Waals surface area contributed by atoms with Crippen LogP contribution >= 0.6 is 0 Å². The van der Waals surface area contributed by atoms with Crippen molar-refractivity contribution in [3.05, 3.63) is 29.8 Å². The molecule has 0 saturated carbocycles. The van der Waals surface area contributed by atoms with Crippen LogP contribution in [0.15, 0.2) is 24.3 Å². The van der Waals surface area contributed by atoms with E-state index in [0.717, 1.165) is 12.0 Å². The van der Waals surface area contributed by atoms with Crippen LogP contribution in [0.2, 0.25) is 0 Å². The first-order chi connectivity index (χ1) is 6.01. The van der Waals surface area contributed by atoms with Crippen LogP contribution in [0.4, 0.5) is 0 Å². The van der Waals surface area contributed by atoms with Gasteiger partial charge in [-0.2, -0.15) is 0 Å². The van der Waals surface area contributed by atoms with E-state index < -0.39 is 10.4 Å². The molecule has 0 aromatic heterocycles. The summed E-state index contributed by atoms with van der Waals surface area (Å²) in [6, 6.07) is 6.32. The SMILES string of the molecule is CCc1ccc(OS(=O)(=O)[O-])cc1.[K+]. The summed E-state index contributed by atoms with van der Waals surface area (Å²) in [4.78, 5) is 0. The first-order valence-corrected chi connectivity index (χ1v) is 5.09. The molecule has 0 atom stereocenters. The number of hydrogen-bond donors (Lipinski definition) is 0. The largest absolute Gasteiger partial charge is 1.00 e. The van der Waals surface area contributed by atoms with Crippen LogP contribution in [-0.2, 0) is 16.8 Å². The maximum Gasteiger partial charge on any atom is 1.00 e. The molecule has 0 spiro atoms. The normalized spacial score (nSPS) is 10.4. The molecule has 0 aliphatic heterocycles. The quantitative estimate of drug-likeness (QED) is 0.351. The van der Waals surface area contributed by atoms with Crippen molar-refractivity contribution in [2.75, 3.05) is 0 Å². The van der Waals surface area contributed by atoms with Crippen molar-refractivity contribution >= 4 is 10.4 Å². The van der Waals surface area contributed by atoms with Crippen LogP contribution in [0.5, 0.6) is 5.75 Å². The first kappa shape index (κ1) is 14.6. The molecule has 72 valence electrons. The monoisotopic (exact) mass is 240 g/mol. The van der Waals surface area contributed by atoms with Gasteiger partial charge >= 0.3 is 51.4 Å². The number of rotatable bonds is 3. The molecule has 0 heterocycles. The molecule has 4 nitrogen and oxygen atoms in total. The topological polar surface area (TPSA) is 66.4 Å². The van der Waals surface area contributed by atoms with Gasteiger partial charge in [0.25, 0.3) is 10.4 Å². The minimum absolute atomic E-state index is 0. The molecule has 1 aromatic carbocycles. The Morgan fingerprint density at radius 3 is 2.14 bits per heavy atom. The molecule has 1 rings (SSSR count). The van der Waals surface area contributed by atoms with Crippen molar-refractivity contribution in [2.45, 2.75) is 13.3 Å². The molecular weight excluding hydrogens is 231 g/mol. The molecule has 0 aliphatic rings. The summed E-state index contributed by atoms with van der Waals surface area (Å²) in [6.07, 6.45) is 0.852. The predicted octanol–water partition coefficient (Wildman–Crippen LogP) is -1.91. The number of aryl methyl sites for hydroxylation is 1. The Morgan fingerprint density at radius 2 is 1.79 bits per heavy atom. The third kappa shape index (κ3) is 5.45. The Hall–Kier alpha value is 0.566. The second-order valence-corrected chi connectivity index (χ2v) is 3.47. The van der Waals surface area contributed by atoms with E-state index in [0.29, 0.717) is 0 Å². The zero-order valence-corrected chi connectivity index (χ0v) is 12.0. The Labute approximate surface area is 126 Å². The fourth-order valence-electron chi connectivity index (χ4n) is 0.899. The molecule has 0 saturated heterocycles. The summed E-state index contributed by atoms with van der Waals surface area (Å²) >= 11 is 0. The third-order valence-corrected chi connectivity index (χ3v) is 1.93. The second kappa shape index (κ2) is 6.21. The molecule has 0 amide bonds. The Bertz CT molecular complexity index is 371. The fraction of sp³-hybridized carbons (Fsp3) is 0.250. The van der Waals surface area contributed by atoms with Crippen LogP contribution in [0.3, 0.4) is 0 Å². The van der Waals surface area contributed by atoms with Gasteiger partial charge in [-0.1, -0.05) is 19.1 Å². The molecule has 0 bridgehead atoms. The van der Waals surface area contributed by atoms with E-state index in [-0.39, 0.29) is 57.1 Å². The van der Waals surface area contributed by atoms with Gasteiger partial charge in [0.1, 0.15) is 5.75 Å². The molecule has 1 aromatic rings. The molecule has 0 radical (unpaired) electrons. The maximum atomic E-state index is 10.2. The number of benzene rings is 1. The molecule has 6 heteroatoms. The minimum atomic E-state index is -4.65. The van der Waals surface area contributed by atoms with Crippen LogP contribution in [0.1, 0.15) is 12.5 Å². The molecule has 0 fully saturated rings. The summed E-state index contributed by atoms with van der Waals surface area (Å²) in [5.74, 6) is 0.0483. The summed E-state index contributed by atoms with van der Waals surface area (Å²) in [6.45, 7) is 1.97. The van der Waals surface area contributed by atoms with Crippen LogP contribution in [0.25, 0.3) is 0 Å². The molecule has 0 unspecified atom stereocenters. The van der Waals surface area contributed by atoms with Crippen molar-refractivity contribution in [3.63, 3.8) is 0 Å². The zero-order valence-electron chi connectivity index (χ0n) is 8.06. The summed E-state index contributed by atoms with van der Waals surface area (Å²) < 4.78 is 34.6. The van der Waals surface area contributed by atoms with Crippen LogP contribution < -0.4 is 55.6 Å². The Balaban J connectivity index is 0.00000169.